The highest BCUT2D eigenvalue weighted by Gasteiger charge is 2.38. The van der Waals surface area contributed by atoms with Crippen LogP contribution in [0.5, 0.6) is 0 Å². The molecule has 4 rings (SSSR count). The Morgan fingerprint density at radius 1 is 1.07 bits per heavy atom. The van der Waals surface area contributed by atoms with Gasteiger partial charge >= 0.3 is 0 Å². The maximum atomic E-state index is 13.6. The number of halogens is 1. The van der Waals surface area contributed by atoms with Crippen LogP contribution >= 0.6 is 12.4 Å². The summed E-state index contributed by atoms with van der Waals surface area (Å²) < 4.78 is 0. The summed E-state index contributed by atoms with van der Waals surface area (Å²) >= 11 is 0. The Morgan fingerprint density at radius 2 is 1.93 bits per heavy atom. The molecule has 2 amide bonds. The van der Waals surface area contributed by atoms with Crippen LogP contribution in [0.4, 0.5) is 0 Å². The monoisotopic (exact) mass is 420 g/mol. The van der Waals surface area contributed by atoms with E-state index >= 15 is 0 Å². The summed E-state index contributed by atoms with van der Waals surface area (Å²) in [5.74, 6) is 0.640. The number of carbonyl (C=O) groups excluding carboxylic acids is 2. The number of piperidine rings is 1. The van der Waals surface area contributed by atoms with Crippen molar-refractivity contribution in [1.29, 1.82) is 0 Å². The Balaban J connectivity index is 0.00000240. The minimum atomic E-state index is -0.0728. The molecule has 7 heteroatoms. The molecule has 1 aromatic rings. The van der Waals surface area contributed by atoms with Crippen molar-refractivity contribution in [2.75, 3.05) is 26.2 Å². The molecule has 6 nitrogen and oxygen atoms in total. The molecule has 1 N–H and O–H groups in total. The van der Waals surface area contributed by atoms with Crippen molar-refractivity contribution >= 4 is 24.2 Å². The van der Waals surface area contributed by atoms with Gasteiger partial charge in [-0.05, 0) is 70.2 Å². The molecule has 29 heavy (non-hydrogen) atoms. The zero-order valence-corrected chi connectivity index (χ0v) is 17.9. The van der Waals surface area contributed by atoms with Gasteiger partial charge in [-0.1, -0.05) is 6.07 Å². The molecule has 1 aliphatic carbocycles. The number of amides is 2. The lowest BCUT2D eigenvalue weighted by Gasteiger charge is -2.38. The zero-order valence-electron chi connectivity index (χ0n) is 17.1. The number of hydrogen-bond acceptors (Lipinski definition) is 4. The summed E-state index contributed by atoms with van der Waals surface area (Å²) in [6.07, 6.45) is 8.76. The second-order valence-corrected chi connectivity index (χ2v) is 8.52. The van der Waals surface area contributed by atoms with Crippen LogP contribution in [0.3, 0.4) is 0 Å². The molecule has 160 valence electrons. The molecule has 2 aliphatic heterocycles. The van der Waals surface area contributed by atoms with E-state index in [9.17, 15) is 9.59 Å². The molecule has 1 saturated carbocycles. The molecule has 0 radical (unpaired) electrons. The zero-order chi connectivity index (χ0) is 19.3. The summed E-state index contributed by atoms with van der Waals surface area (Å²) in [7, 11) is 0. The predicted molar refractivity (Wildman–Crippen MR) is 115 cm³/mol. The minimum absolute atomic E-state index is 0. The normalized spacial score (nSPS) is 24.9. The Labute approximate surface area is 179 Å². The van der Waals surface area contributed by atoms with E-state index in [0.29, 0.717) is 13.1 Å². The number of carbonyl (C=O) groups is 2. The maximum Gasteiger partial charge on any atom is 0.228 e. The van der Waals surface area contributed by atoms with E-state index in [2.05, 4.69) is 15.2 Å². The van der Waals surface area contributed by atoms with Crippen LogP contribution in [0.15, 0.2) is 24.4 Å². The lowest BCUT2D eigenvalue weighted by Crippen LogP contribution is -2.49. The van der Waals surface area contributed by atoms with Gasteiger partial charge in [-0.3, -0.25) is 14.6 Å². The molecular weight excluding hydrogens is 388 g/mol. The fraction of sp³-hybridized carbons (Fsp3) is 0.682. The van der Waals surface area contributed by atoms with Crippen LogP contribution in [-0.4, -0.2) is 58.8 Å². The number of likely N-dealkylation sites (tertiary alicyclic amines) is 1. The van der Waals surface area contributed by atoms with Gasteiger partial charge in [0.2, 0.25) is 11.8 Å². The number of hydrogen-bond donors (Lipinski definition) is 1. The second kappa shape index (κ2) is 10.4. The Kier molecular flexibility index (Phi) is 7.90. The first-order valence-corrected chi connectivity index (χ1v) is 10.9. The van der Waals surface area contributed by atoms with Crippen LogP contribution in [0.1, 0.15) is 50.6 Å². The molecule has 1 aromatic heterocycles. The average molecular weight is 421 g/mol. The largest absolute Gasteiger partial charge is 0.342 e. The molecule has 0 aromatic carbocycles. The lowest BCUT2D eigenvalue weighted by atomic mass is 9.94. The van der Waals surface area contributed by atoms with Crippen LogP contribution in [0.25, 0.3) is 0 Å². The van der Waals surface area contributed by atoms with Crippen molar-refractivity contribution in [1.82, 2.24) is 20.1 Å². The first-order valence-electron chi connectivity index (χ1n) is 10.9. The van der Waals surface area contributed by atoms with Crippen molar-refractivity contribution in [2.45, 2.75) is 57.5 Å². The quantitative estimate of drug-likeness (QED) is 0.795. The molecular formula is C22H33ClN4O2. The first-order chi connectivity index (χ1) is 13.7. The van der Waals surface area contributed by atoms with E-state index in [4.69, 9.17) is 0 Å². The third kappa shape index (κ3) is 5.70. The van der Waals surface area contributed by atoms with Crippen molar-refractivity contribution in [3.05, 3.63) is 30.1 Å². The van der Waals surface area contributed by atoms with Crippen LogP contribution in [0.2, 0.25) is 0 Å². The van der Waals surface area contributed by atoms with Gasteiger partial charge in [-0.2, -0.15) is 0 Å². The number of pyridine rings is 1. The topological polar surface area (TPSA) is 65.5 Å². The summed E-state index contributed by atoms with van der Waals surface area (Å²) in [5.41, 5.74) is 0.940. The van der Waals surface area contributed by atoms with Gasteiger partial charge < -0.3 is 15.1 Å². The van der Waals surface area contributed by atoms with Gasteiger partial charge in [-0.15, -0.1) is 12.4 Å². The highest BCUT2D eigenvalue weighted by molar-refractivity contribution is 5.85. The number of rotatable bonds is 5. The fourth-order valence-electron chi connectivity index (χ4n) is 4.57. The molecule has 2 atom stereocenters. The molecule has 3 heterocycles. The predicted octanol–water partition coefficient (Wildman–Crippen LogP) is 2.62. The van der Waals surface area contributed by atoms with Crippen LogP contribution < -0.4 is 5.32 Å². The van der Waals surface area contributed by atoms with E-state index in [1.165, 1.54) is 0 Å². The number of nitrogens with zero attached hydrogens (tertiary/aromatic N) is 3. The standard InChI is InChI=1S/C22H32N4O2.ClH/c27-21(17-8-9-17)25-14-4-5-18(15-25)22(28)26(16-19-6-1-2-12-24-19)20-7-3-11-23-13-10-20;/h1-2,6,12,17-18,20,23H,3-5,7-11,13-16H2;1H. The van der Waals surface area contributed by atoms with Crippen LogP contribution in [-0.2, 0) is 16.1 Å². The van der Waals surface area contributed by atoms with Gasteiger partial charge in [0, 0.05) is 31.2 Å². The average Bonchev–Trinajstić information content (AvgIpc) is 3.59. The number of aromatic nitrogens is 1. The Bertz CT molecular complexity index is 675. The highest BCUT2D eigenvalue weighted by Crippen LogP contribution is 2.33. The van der Waals surface area contributed by atoms with E-state index in [1.54, 1.807) is 6.20 Å². The minimum Gasteiger partial charge on any atom is -0.342 e. The SMILES string of the molecule is Cl.O=C(C1CC1)N1CCCC(C(=O)N(Cc2ccccn2)C2CCCNCC2)C1. The highest BCUT2D eigenvalue weighted by atomic mass is 35.5. The van der Waals surface area contributed by atoms with Crippen molar-refractivity contribution in [3.63, 3.8) is 0 Å². The smallest absolute Gasteiger partial charge is 0.228 e. The van der Waals surface area contributed by atoms with Crippen molar-refractivity contribution in [2.24, 2.45) is 11.8 Å². The molecule has 0 spiro atoms. The summed E-state index contributed by atoms with van der Waals surface area (Å²) in [5, 5.41) is 3.45. The Morgan fingerprint density at radius 3 is 2.69 bits per heavy atom. The van der Waals surface area contributed by atoms with Gasteiger partial charge in [0.15, 0.2) is 0 Å². The van der Waals surface area contributed by atoms with Crippen molar-refractivity contribution in [3.8, 4) is 0 Å². The van der Waals surface area contributed by atoms with Gasteiger partial charge in [0.05, 0.1) is 18.2 Å². The molecule has 2 unspecified atom stereocenters. The van der Waals surface area contributed by atoms with Gasteiger partial charge in [0.1, 0.15) is 0 Å². The van der Waals surface area contributed by atoms with Gasteiger partial charge in [0.25, 0.3) is 0 Å². The summed E-state index contributed by atoms with van der Waals surface area (Å²) in [6, 6.07) is 6.14. The van der Waals surface area contributed by atoms with Crippen LogP contribution in [0, 0.1) is 11.8 Å². The lowest BCUT2D eigenvalue weighted by molar-refractivity contribution is -0.144. The third-order valence-corrected chi connectivity index (χ3v) is 6.34. The molecule has 2 saturated heterocycles. The second-order valence-electron chi connectivity index (χ2n) is 8.52. The summed E-state index contributed by atoms with van der Waals surface area (Å²) in [6.45, 7) is 3.95. The molecule has 3 fully saturated rings. The maximum absolute atomic E-state index is 13.6. The third-order valence-electron chi connectivity index (χ3n) is 6.34. The molecule has 3 aliphatic rings. The Hall–Kier alpha value is -1.66. The van der Waals surface area contributed by atoms with E-state index in [0.717, 1.165) is 70.3 Å². The van der Waals surface area contributed by atoms with E-state index in [1.807, 2.05) is 23.1 Å². The fourth-order valence-corrected chi connectivity index (χ4v) is 4.57. The number of nitrogens with one attached hydrogen (secondary N) is 1. The summed E-state index contributed by atoms with van der Waals surface area (Å²) in [4.78, 5) is 34.6. The van der Waals surface area contributed by atoms with Crippen molar-refractivity contribution < 1.29 is 9.59 Å². The van der Waals surface area contributed by atoms with Gasteiger partial charge in [-0.25, -0.2) is 0 Å². The van der Waals surface area contributed by atoms with E-state index in [-0.39, 0.29) is 42.1 Å². The van der Waals surface area contributed by atoms with E-state index < -0.39 is 0 Å². The molecule has 0 bridgehead atoms. The first kappa shape index (κ1) is 22.0.